The van der Waals surface area contributed by atoms with Gasteiger partial charge in [0.1, 0.15) is 29.0 Å². The van der Waals surface area contributed by atoms with Gasteiger partial charge in [-0.25, -0.2) is 23.5 Å². The molecule has 272 valence electrons. The van der Waals surface area contributed by atoms with Crippen molar-refractivity contribution in [3.63, 3.8) is 0 Å². The first-order valence-electron chi connectivity index (χ1n) is 16.5. The van der Waals surface area contributed by atoms with E-state index in [1.807, 2.05) is 11.9 Å². The van der Waals surface area contributed by atoms with Crippen LogP contribution in [-0.2, 0) is 27.4 Å². The second kappa shape index (κ2) is 14.7. The molecule has 6 rings (SSSR count). The Bertz CT molecular complexity index is 1810. The van der Waals surface area contributed by atoms with E-state index in [-0.39, 0.29) is 54.9 Å². The van der Waals surface area contributed by atoms with Gasteiger partial charge in [0.25, 0.3) is 5.91 Å². The number of nitriles is 1. The number of carboxylic acid groups (broad SMARTS) is 1. The Morgan fingerprint density at radius 3 is 2.22 bits per heavy atom. The maximum atomic E-state index is 16.8. The van der Waals surface area contributed by atoms with Gasteiger partial charge < -0.3 is 25.0 Å². The number of aliphatic hydroxyl groups excluding tert-OH is 1. The molecule has 15 heteroatoms. The second-order valence-corrected chi connectivity index (χ2v) is 14.3. The zero-order chi connectivity index (χ0) is 37.4. The van der Waals surface area contributed by atoms with Crippen LogP contribution in [0.3, 0.4) is 0 Å². The summed E-state index contributed by atoms with van der Waals surface area (Å²) in [5, 5.41) is 38.3. The van der Waals surface area contributed by atoms with Crippen LogP contribution >= 0.6 is 23.2 Å². The van der Waals surface area contributed by atoms with Crippen LogP contribution < -0.4 is 0 Å². The summed E-state index contributed by atoms with van der Waals surface area (Å²) in [5.41, 5.74) is -6.55. The molecule has 1 amide bonds. The van der Waals surface area contributed by atoms with Crippen molar-refractivity contribution in [2.24, 2.45) is 5.41 Å². The van der Waals surface area contributed by atoms with Gasteiger partial charge in [-0.05, 0) is 75.9 Å². The molecule has 3 aromatic rings. The highest BCUT2D eigenvalue weighted by Crippen LogP contribution is 2.53. The summed E-state index contributed by atoms with van der Waals surface area (Å²) >= 11 is 12.3. The van der Waals surface area contributed by atoms with E-state index in [4.69, 9.17) is 38.2 Å². The van der Waals surface area contributed by atoms with E-state index in [2.05, 4.69) is 16.0 Å². The Labute approximate surface area is 304 Å². The number of piperidine rings is 1. The van der Waals surface area contributed by atoms with Gasteiger partial charge in [0.2, 0.25) is 0 Å². The van der Waals surface area contributed by atoms with Crippen molar-refractivity contribution in [3.8, 4) is 6.07 Å². The van der Waals surface area contributed by atoms with Gasteiger partial charge in [-0.3, -0.25) is 9.69 Å². The molecule has 0 bridgehead atoms. The standard InChI is InChI=1S/C33H33Cl2F2N5O3.C3H6O3/c1-3-32(44,31(37)10-12-41(2)13-11-31)22-14-25-28(26(36)15-22)33(21-4-6-23(34)7-5-21,45-20-30(19-38)8-9-30)42(29(25)43)18-27-39-16-24(35)17-40-27;1-2(4)3(5)6/h4-7,14-17,44H,3,8-13,18,20H2,1-2H3;2,4H,1H3,(H,5,6)/t32?,33-;2-/m10/s1. The van der Waals surface area contributed by atoms with Crippen LogP contribution in [0.25, 0.3) is 0 Å². The van der Waals surface area contributed by atoms with E-state index >= 15 is 8.78 Å². The summed E-state index contributed by atoms with van der Waals surface area (Å²) in [6, 6.07) is 11.3. The SMILES string of the molecule is CCC(O)(c1cc(F)c2c(c1)C(=O)N(Cc1ncc(Cl)cn1)[C@@]2(OCC1(C#N)CC1)c1ccc(Cl)cc1)C1(F)CCN(C)CC1.C[C@H](O)C(=O)O. The largest absolute Gasteiger partial charge is 0.479 e. The Morgan fingerprint density at radius 1 is 1.12 bits per heavy atom. The molecule has 0 spiro atoms. The number of aliphatic carboxylic acids is 1. The Hall–Kier alpha value is -3.77. The average molecular weight is 747 g/mol. The van der Waals surface area contributed by atoms with Crippen molar-refractivity contribution in [2.45, 2.75) is 75.6 Å². The van der Waals surface area contributed by atoms with Gasteiger partial charge in [-0.2, -0.15) is 5.26 Å². The van der Waals surface area contributed by atoms with Gasteiger partial charge in [0, 0.05) is 36.1 Å². The first-order valence-corrected chi connectivity index (χ1v) is 17.3. The van der Waals surface area contributed by atoms with Crippen LogP contribution in [0.5, 0.6) is 0 Å². The molecule has 51 heavy (non-hydrogen) atoms. The fourth-order valence-corrected chi connectivity index (χ4v) is 6.81. The summed E-state index contributed by atoms with van der Waals surface area (Å²) in [5.74, 6) is -2.45. The smallest absolute Gasteiger partial charge is 0.332 e. The number of hydrogen-bond donors (Lipinski definition) is 3. The molecular weight excluding hydrogens is 707 g/mol. The van der Waals surface area contributed by atoms with E-state index in [0.29, 0.717) is 41.5 Å². The van der Waals surface area contributed by atoms with Crippen molar-refractivity contribution in [2.75, 3.05) is 26.7 Å². The third-order valence-electron chi connectivity index (χ3n) is 10.0. The molecule has 2 aliphatic heterocycles. The zero-order valence-corrected chi connectivity index (χ0v) is 29.9. The van der Waals surface area contributed by atoms with Crippen molar-refractivity contribution < 1.29 is 38.4 Å². The quantitative estimate of drug-likeness (QED) is 0.239. The first-order chi connectivity index (χ1) is 24.0. The molecule has 11 nitrogen and oxygen atoms in total. The maximum Gasteiger partial charge on any atom is 0.332 e. The van der Waals surface area contributed by atoms with Gasteiger partial charge in [-0.15, -0.1) is 0 Å². The lowest BCUT2D eigenvalue weighted by Crippen LogP contribution is -2.54. The third-order valence-corrected chi connectivity index (χ3v) is 10.5. The minimum atomic E-state index is -2.06. The number of carbonyl (C=O) groups excluding carboxylic acids is 1. The highest BCUT2D eigenvalue weighted by atomic mass is 35.5. The van der Waals surface area contributed by atoms with Crippen LogP contribution in [0.15, 0.2) is 48.8 Å². The number of benzene rings is 2. The van der Waals surface area contributed by atoms with Gasteiger partial charge in [0.15, 0.2) is 5.72 Å². The first kappa shape index (κ1) is 38.5. The summed E-state index contributed by atoms with van der Waals surface area (Å²) in [7, 11) is 1.88. The number of ether oxygens (including phenoxy) is 1. The number of nitrogens with zero attached hydrogens (tertiary/aromatic N) is 5. The van der Waals surface area contributed by atoms with E-state index in [0.717, 1.165) is 6.07 Å². The molecule has 1 saturated carbocycles. The Balaban J connectivity index is 0.000000774. The lowest BCUT2D eigenvalue weighted by atomic mass is 9.71. The molecule has 0 radical (unpaired) electrons. The topological polar surface area (TPSA) is 160 Å². The number of likely N-dealkylation sites (tertiary alicyclic amines) is 1. The normalized spacial score (nSPS) is 22.2. The predicted molar refractivity (Wildman–Crippen MR) is 183 cm³/mol. The van der Waals surface area contributed by atoms with Crippen LogP contribution in [0, 0.1) is 22.6 Å². The summed E-state index contributed by atoms with van der Waals surface area (Å²) in [6.07, 6.45) is 2.80. The predicted octanol–water partition coefficient (Wildman–Crippen LogP) is 5.58. The molecule has 3 N–H and O–H groups in total. The van der Waals surface area contributed by atoms with Crippen molar-refractivity contribution in [1.29, 1.82) is 5.26 Å². The zero-order valence-electron chi connectivity index (χ0n) is 28.4. The number of alkyl halides is 1. The molecule has 2 fully saturated rings. The number of fused-ring (bicyclic) bond motifs is 1. The Morgan fingerprint density at radius 2 is 1.71 bits per heavy atom. The lowest BCUT2D eigenvalue weighted by Gasteiger charge is -2.46. The van der Waals surface area contributed by atoms with Crippen LogP contribution in [-0.4, -0.2) is 85.5 Å². The highest BCUT2D eigenvalue weighted by Gasteiger charge is 2.58. The number of aliphatic hydroxyl groups is 2. The van der Waals surface area contributed by atoms with E-state index in [1.165, 1.54) is 30.3 Å². The molecule has 1 unspecified atom stereocenters. The molecule has 3 atom stereocenters. The molecule has 1 saturated heterocycles. The average Bonchev–Trinajstić information content (AvgIpc) is 3.86. The van der Waals surface area contributed by atoms with Gasteiger partial charge >= 0.3 is 5.97 Å². The number of halogens is 4. The van der Waals surface area contributed by atoms with E-state index in [1.54, 1.807) is 31.2 Å². The molecule has 3 aliphatic rings. The van der Waals surface area contributed by atoms with Crippen LogP contribution in [0.4, 0.5) is 8.78 Å². The molecular formula is C36H39Cl2F2N5O6. The number of hydrogen-bond acceptors (Lipinski definition) is 9. The van der Waals surface area contributed by atoms with Gasteiger partial charge in [0.05, 0.1) is 40.8 Å². The second-order valence-electron chi connectivity index (χ2n) is 13.4. The third kappa shape index (κ3) is 7.31. The minimum Gasteiger partial charge on any atom is -0.479 e. The Kier molecular flexibility index (Phi) is 11.1. The number of rotatable bonds is 10. The van der Waals surface area contributed by atoms with E-state index < -0.39 is 46.2 Å². The molecule has 1 aliphatic carbocycles. The number of carbonyl (C=O) groups is 2. The van der Waals surface area contributed by atoms with Crippen molar-refractivity contribution in [1.82, 2.24) is 19.8 Å². The summed E-state index contributed by atoms with van der Waals surface area (Å²) < 4.78 is 40.1. The fourth-order valence-electron chi connectivity index (χ4n) is 6.58. The number of aromatic nitrogens is 2. The van der Waals surface area contributed by atoms with Gasteiger partial charge in [-0.1, -0.05) is 42.3 Å². The van der Waals surface area contributed by atoms with Crippen molar-refractivity contribution in [3.05, 3.63) is 92.7 Å². The minimum absolute atomic E-state index is 0.0214. The monoisotopic (exact) mass is 745 g/mol. The van der Waals surface area contributed by atoms with Crippen LogP contribution in [0.1, 0.15) is 78.8 Å². The number of amides is 1. The summed E-state index contributed by atoms with van der Waals surface area (Å²) in [6.45, 7) is 3.40. The fraction of sp³-hybridized carbons (Fsp3) is 0.472. The number of carboxylic acids is 1. The highest BCUT2D eigenvalue weighted by molar-refractivity contribution is 6.30. The molecule has 3 heterocycles. The molecule has 1 aromatic heterocycles. The maximum absolute atomic E-state index is 16.8. The summed E-state index contributed by atoms with van der Waals surface area (Å²) in [4.78, 5) is 35.7. The molecule has 2 aromatic carbocycles. The van der Waals surface area contributed by atoms with Crippen molar-refractivity contribution >= 4 is 35.1 Å². The van der Waals surface area contributed by atoms with E-state index in [9.17, 15) is 20.0 Å². The van der Waals surface area contributed by atoms with Crippen LogP contribution in [0.2, 0.25) is 10.0 Å². The lowest BCUT2D eigenvalue weighted by molar-refractivity contribution is -0.145.